The number of halogens is 1. The van der Waals surface area contributed by atoms with Crippen LogP contribution < -0.4 is 5.73 Å². The van der Waals surface area contributed by atoms with Gasteiger partial charge in [0.05, 0.1) is 15.9 Å². The van der Waals surface area contributed by atoms with E-state index in [0.29, 0.717) is 0 Å². The predicted molar refractivity (Wildman–Crippen MR) is 80.0 cm³/mol. The highest BCUT2D eigenvalue weighted by Gasteiger charge is 2.17. The Morgan fingerprint density at radius 1 is 1.50 bits per heavy atom. The van der Waals surface area contributed by atoms with Crippen molar-refractivity contribution in [2.24, 2.45) is 12.8 Å². The molecule has 0 aliphatic rings. The summed E-state index contributed by atoms with van der Waals surface area (Å²) in [4.78, 5) is 0. The van der Waals surface area contributed by atoms with Crippen molar-refractivity contribution in [3.8, 4) is 0 Å². The molecular formula is C13H18BrN3S. The van der Waals surface area contributed by atoms with Crippen LogP contribution in [0.3, 0.4) is 0 Å². The third-order valence-electron chi connectivity index (χ3n) is 3.21. The van der Waals surface area contributed by atoms with E-state index in [1.54, 1.807) is 11.3 Å². The molecule has 0 saturated carbocycles. The van der Waals surface area contributed by atoms with Crippen LogP contribution in [0.25, 0.3) is 0 Å². The summed E-state index contributed by atoms with van der Waals surface area (Å²) in [6, 6.07) is 0.0349. The lowest BCUT2D eigenvalue weighted by atomic mass is 10.0. The van der Waals surface area contributed by atoms with E-state index in [1.807, 2.05) is 11.7 Å². The molecule has 0 fully saturated rings. The average Bonchev–Trinajstić information content (AvgIpc) is 2.87. The first-order valence-electron chi connectivity index (χ1n) is 6.03. The van der Waals surface area contributed by atoms with Gasteiger partial charge in [-0.3, -0.25) is 4.68 Å². The fourth-order valence-electron chi connectivity index (χ4n) is 2.11. The number of nitrogens with two attached hydrogens (primary N) is 1. The standard InChI is InChI=1S/C13H18BrN3S/c1-4-11-13(14)12(17(3)16-11)5-10(15)9-7-18-6-8(9)2/h6-7,10H,4-5,15H2,1-3H3. The zero-order chi connectivity index (χ0) is 13.3. The van der Waals surface area contributed by atoms with Crippen LogP contribution in [0.2, 0.25) is 0 Å². The van der Waals surface area contributed by atoms with Crippen LogP contribution in [0.15, 0.2) is 15.2 Å². The minimum absolute atomic E-state index is 0.0349. The van der Waals surface area contributed by atoms with Crippen molar-refractivity contribution in [1.82, 2.24) is 9.78 Å². The molecule has 2 aromatic heterocycles. The number of rotatable bonds is 4. The molecule has 0 aromatic carbocycles. The molecule has 1 atom stereocenters. The summed E-state index contributed by atoms with van der Waals surface area (Å²) in [5.41, 5.74) is 11.1. The number of hydrogen-bond acceptors (Lipinski definition) is 3. The Labute approximate surface area is 120 Å². The van der Waals surface area contributed by atoms with Crippen LogP contribution in [0.1, 0.15) is 35.5 Å². The van der Waals surface area contributed by atoms with Gasteiger partial charge in [0.15, 0.2) is 0 Å². The summed E-state index contributed by atoms with van der Waals surface area (Å²) in [5, 5.41) is 8.79. The van der Waals surface area contributed by atoms with Gasteiger partial charge in [0.2, 0.25) is 0 Å². The van der Waals surface area contributed by atoms with Crippen LogP contribution in [0.4, 0.5) is 0 Å². The second kappa shape index (κ2) is 5.55. The molecule has 0 saturated heterocycles. The van der Waals surface area contributed by atoms with E-state index in [1.165, 1.54) is 16.8 Å². The maximum Gasteiger partial charge on any atom is 0.0766 e. The number of aryl methyl sites for hydroxylation is 3. The van der Waals surface area contributed by atoms with E-state index in [0.717, 1.165) is 23.0 Å². The minimum Gasteiger partial charge on any atom is -0.324 e. The minimum atomic E-state index is 0.0349. The lowest BCUT2D eigenvalue weighted by Gasteiger charge is -2.12. The van der Waals surface area contributed by atoms with Gasteiger partial charge in [0.25, 0.3) is 0 Å². The van der Waals surface area contributed by atoms with Crippen LogP contribution in [-0.4, -0.2) is 9.78 Å². The monoisotopic (exact) mass is 327 g/mol. The molecule has 98 valence electrons. The summed E-state index contributed by atoms with van der Waals surface area (Å²) < 4.78 is 3.04. The average molecular weight is 328 g/mol. The zero-order valence-electron chi connectivity index (χ0n) is 10.9. The summed E-state index contributed by atoms with van der Waals surface area (Å²) in [6.07, 6.45) is 1.74. The summed E-state index contributed by atoms with van der Waals surface area (Å²) in [5.74, 6) is 0. The molecule has 2 rings (SSSR count). The van der Waals surface area contributed by atoms with Gasteiger partial charge in [0, 0.05) is 19.5 Å². The van der Waals surface area contributed by atoms with E-state index in [2.05, 4.69) is 45.6 Å². The fraction of sp³-hybridized carbons (Fsp3) is 0.462. The molecule has 2 aromatic rings. The molecule has 0 aliphatic carbocycles. The topological polar surface area (TPSA) is 43.8 Å². The van der Waals surface area contributed by atoms with Gasteiger partial charge in [-0.25, -0.2) is 0 Å². The Kier molecular flexibility index (Phi) is 4.25. The van der Waals surface area contributed by atoms with Gasteiger partial charge in [0.1, 0.15) is 0 Å². The van der Waals surface area contributed by atoms with Crippen LogP contribution in [0.5, 0.6) is 0 Å². The van der Waals surface area contributed by atoms with E-state index < -0.39 is 0 Å². The summed E-state index contributed by atoms with van der Waals surface area (Å²) >= 11 is 5.35. The molecule has 0 radical (unpaired) electrons. The highest BCUT2D eigenvalue weighted by Crippen LogP contribution is 2.28. The van der Waals surface area contributed by atoms with Gasteiger partial charge in [-0.1, -0.05) is 6.92 Å². The third-order valence-corrected chi connectivity index (χ3v) is 5.01. The normalized spacial score (nSPS) is 12.9. The first-order valence-corrected chi connectivity index (χ1v) is 7.76. The van der Waals surface area contributed by atoms with E-state index in [4.69, 9.17) is 5.73 Å². The summed E-state index contributed by atoms with van der Waals surface area (Å²) in [6.45, 7) is 4.22. The fourth-order valence-corrected chi connectivity index (χ4v) is 3.80. The molecule has 0 amide bonds. The lowest BCUT2D eigenvalue weighted by molar-refractivity contribution is 0.636. The molecular weight excluding hydrogens is 310 g/mol. The molecule has 18 heavy (non-hydrogen) atoms. The molecule has 3 nitrogen and oxygen atoms in total. The lowest BCUT2D eigenvalue weighted by Crippen LogP contribution is -2.15. The number of thiophene rings is 1. The SMILES string of the molecule is CCc1nn(C)c(CC(N)c2cscc2C)c1Br. The van der Waals surface area contributed by atoms with Crippen LogP contribution in [-0.2, 0) is 19.9 Å². The van der Waals surface area contributed by atoms with Crippen molar-refractivity contribution in [3.05, 3.63) is 37.7 Å². The maximum absolute atomic E-state index is 6.31. The Balaban J connectivity index is 2.24. The highest BCUT2D eigenvalue weighted by atomic mass is 79.9. The van der Waals surface area contributed by atoms with E-state index in [9.17, 15) is 0 Å². The van der Waals surface area contributed by atoms with Gasteiger partial charge in [-0.2, -0.15) is 16.4 Å². The molecule has 0 bridgehead atoms. The van der Waals surface area contributed by atoms with E-state index in [-0.39, 0.29) is 6.04 Å². The molecule has 5 heteroatoms. The Bertz CT molecular complexity index is 544. The maximum atomic E-state index is 6.31. The first-order chi connectivity index (χ1) is 8.54. The number of nitrogens with zero attached hydrogens (tertiary/aromatic N) is 2. The molecule has 2 heterocycles. The Hall–Kier alpha value is -0.650. The van der Waals surface area contributed by atoms with Crippen molar-refractivity contribution in [1.29, 1.82) is 0 Å². The molecule has 2 N–H and O–H groups in total. The smallest absolute Gasteiger partial charge is 0.0766 e. The molecule has 0 spiro atoms. The second-order valence-corrected chi connectivity index (χ2v) is 6.04. The predicted octanol–water partition coefficient (Wildman–Crippen LogP) is 3.36. The van der Waals surface area contributed by atoms with Gasteiger partial charge in [-0.05, 0) is 51.2 Å². The number of aromatic nitrogens is 2. The third kappa shape index (κ3) is 2.53. The van der Waals surface area contributed by atoms with Crippen LogP contribution in [0, 0.1) is 6.92 Å². The molecule has 0 aliphatic heterocycles. The Morgan fingerprint density at radius 3 is 2.72 bits per heavy atom. The Morgan fingerprint density at radius 2 is 2.22 bits per heavy atom. The zero-order valence-corrected chi connectivity index (χ0v) is 13.3. The van der Waals surface area contributed by atoms with Gasteiger partial charge >= 0.3 is 0 Å². The summed E-state index contributed by atoms with van der Waals surface area (Å²) in [7, 11) is 1.98. The highest BCUT2D eigenvalue weighted by molar-refractivity contribution is 9.10. The second-order valence-electron chi connectivity index (χ2n) is 4.51. The van der Waals surface area contributed by atoms with Crippen molar-refractivity contribution in [2.45, 2.75) is 32.7 Å². The molecule has 1 unspecified atom stereocenters. The quantitative estimate of drug-likeness (QED) is 0.935. The largest absolute Gasteiger partial charge is 0.324 e. The van der Waals surface area contributed by atoms with Crippen molar-refractivity contribution in [3.63, 3.8) is 0 Å². The van der Waals surface area contributed by atoms with Gasteiger partial charge < -0.3 is 5.73 Å². The number of hydrogen-bond donors (Lipinski definition) is 1. The van der Waals surface area contributed by atoms with Gasteiger partial charge in [-0.15, -0.1) is 0 Å². The van der Waals surface area contributed by atoms with Crippen molar-refractivity contribution < 1.29 is 0 Å². The van der Waals surface area contributed by atoms with Crippen LogP contribution >= 0.6 is 27.3 Å². The van der Waals surface area contributed by atoms with Crippen molar-refractivity contribution >= 4 is 27.3 Å². The van der Waals surface area contributed by atoms with E-state index >= 15 is 0 Å². The van der Waals surface area contributed by atoms with Crippen molar-refractivity contribution in [2.75, 3.05) is 0 Å². The first kappa shape index (κ1) is 13.8.